The van der Waals surface area contributed by atoms with Gasteiger partial charge in [-0.05, 0) is 30.7 Å². The Morgan fingerprint density at radius 1 is 1.24 bits per heavy atom. The second kappa shape index (κ2) is 7.20. The van der Waals surface area contributed by atoms with E-state index in [4.69, 9.17) is 8.92 Å². The van der Waals surface area contributed by atoms with Crippen LogP contribution in [-0.4, -0.2) is 46.3 Å². The Labute approximate surface area is 144 Å². The van der Waals surface area contributed by atoms with E-state index < -0.39 is 40.6 Å². The van der Waals surface area contributed by atoms with Crippen LogP contribution in [0.3, 0.4) is 0 Å². The smallest absolute Gasteiger partial charge is 0.431 e. The first-order valence-electron chi connectivity index (χ1n) is 7.50. The first-order valence-corrected chi connectivity index (χ1v) is 9.32. The first-order chi connectivity index (χ1) is 11.6. The summed E-state index contributed by atoms with van der Waals surface area (Å²) in [7, 11) is -2.32. The minimum atomic E-state index is -4.61. The number of hydrazone groups is 1. The highest BCUT2D eigenvalue weighted by molar-refractivity contribution is 7.85. The molecule has 2 unspecified atom stereocenters. The van der Waals surface area contributed by atoms with Crippen molar-refractivity contribution in [2.24, 2.45) is 11.0 Å². The number of nitrogens with zero attached hydrogens (tertiary/aromatic N) is 2. The number of benzene rings is 1. The predicted octanol–water partition coefficient (Wildman–Crippen LogP) is 2.80. The van der Waals surface area contributed by atoms with E-state index >= 15 is 0 Å². The fourth-order valence-corrected chi connectivity index (χ4v) is 3.10. The van der Waals surface area contributed by atoms with E-state index in [-0.39, 0.29) is 6.42 Å². The maximum atomic E-state index is 13.3. The molecule has 1 aliphatic heterocycles. The van der Waals surface area contributed by atoms with E-state index in [9.17, 15) is 21.6 Å². The van der Waals surface area contributed by atoms with Crippen LogP contribution in [0.4, 0.5) is 18.9 Å². The summed E-state index contributed by atoms with van der Waals surface area (Å²) < 4.78 is 72.3. The largest absolute Gasteiger partial charge is 0.497 e. The molecule has 10 heteroatoms. The number of hydrogen-bond donors (Lipinski definition) is 0. The molecule has 140 valence electrons. The van der Waals surface area contributed by atoms with Crippen molar-refractivity contribution in [1.82, 2.24) is 0 Å². The molecule has 0 aromatic heterocycles. The van der Waals surface area contributed by atoms with Gasteiger partial charge in [0, 0.05) is 5.92 Å². The van der Waals surface area contributed by atoms with Crippen LogP contribution >= 0.6 is 0 Å². The van der Waals surface area contributed by atoms with Crippen LogP contribution in [0.1, 0.15) is 13.3 Å². The minimum absolute atomic E-state index is 0.142. The molecule has 25 heavy (non-hydrogen) atoms. The van der Waals surface area contributed by atoms with E-state index in [0.717, 1.165) is 6.26 Å². The van der Waals surface area contributed by atoms with Crippen molar-refractivity contribution in [1.29, 1.82) is 0 Å². The molecule has 0 spiro atoms. The lowest BCUT2D eigenvalue weighted by molar-refractivity contribution is -0.0625. The minimum Gasteiger partial charge on any atom is -0.497 e. The first kappa shape index (κ1) is 19.5. The lowest BCUT2D eigenvalue weighted by Crippen LogP contribution is -2.40. The quantitative estimate of drug-likeness (QED) is 0.710. The number of halogens is 3. The SMILES string of the molecule is CCC1C(C(F)(F)F)=NN(c2ccc(OC)cc2)C1COS(C)(=O)=O. The van der Waals surface area contributed by atoms with E-state index in [2.05, 4.69) is 5.10 Å². The predicted molar refractivity (Wildman–Crippen MR) is 87.3 cm³/mol. The van der Waals surface area contributed by atoms with Crippen LogP contribution in [-0.2, 0) is 14.3 Å². The van der Waals surface area contributed by atoms with Crippen LogP contribution in [0.2, 0.25) is 0 Å². The van der Waals surface area contributed by atoms with Crippen LogP contribution in [0.5, 0.6) is 5.75 Å². The Bertz CT molecular complexity index is 732. The summed E-state index contributed by atoms with van der Waals surface area (Å²) >= 11 is 0. The third-order valence-electron chi connectivity index (χ3n) is 3.87. The van der Waals surface area contributed by atoms with Gasteiger partial charge >= 0.3 is 6.18 Å². The second-order valence-electron chi connectivity index (χ2n) is 5.60. The summed E-state index contributed by atoms with van der Waals surface area (Å²) in [5.41, 5.74) is -0.548. The number of ether oxygens (including phenoxy) is 1. The van der Waals surface area contributed by atoms with Gasteiger partial charge in [0.2, 0.25) is 0 Å². The van der Waals surface area contributed by atoms with Crippen molar-refractivity contribution in [2.75, 3.05) is 25.0 Å². The molecule has 0 radical (unpaired) electrons. The van der Waals surface area contributed by atoms with Gasteiger partial charge in [0.15, 0.2) is 0 Å². The summed E-state index contributed by atoms with van der Waals surface area (Å²) in [5, 5.41) is 4.90. The molecule has 0 bridgehead atoms. The molecular weight excluding hydrogens is 361 g/mol. The van der Waals surface area contributed by atoms with Crippen LogP contribution in [0.25, 0.3) is 0 Å². The van der Waals surface area contributed by atoms with E-state index in [1.165, 1.54) is 12.1 Å². The summed E-state index contributed by atoms with van der Waals surface area (Å²) in [6, 6.07) is 5.41. The van der Waals surface area contributed by atoms with Gasteiger partial charge in [-0.1, -0.05) is 6.92 Å². The maximum Gasteiger partial charge on any atom is 0.431 e. The van der Waals surface area contributed by atoms with Gasteiger partial charge in [0.25, 0.3) is 10.1 Å². The normalized spacial score (nSPS) is 21.4. The van der Waals surface area contributed by atoms with Gasteiger partial charge in [-0.2, -0.15) is 26.7 Å². The third-order valence-corrected chi connectivity index (χ3v) is 4.43. The summed E-state index contributed by atoms with van der Waals surface area (Å²) in [5.74, 6) is -0.456. The number of methoxy groups -OCH3 is 1. The van der Waals surface area contributed by atoms with E-state index in [1.54, 1.807) is 31.2 Å². The average molecular weight is 380 g/mol. The average Bonchev–Trinajstić information content (AvgIpc) is 2.91. The molecule has 1 aromatic rings. The van der Waals surface area contributed by atoms with E-state index in [0.29, 0.717) is 11.4 Å². The number of anilines is 1. The summed E-state index contributed by atoms with van der Waals surface area (Å²) in [6.45, 7) is 1.17. The molecule has 6 nitrogen and oxygen atoms in total. The van der Waals surface area contributed by atoms with Crippen LogP contribution in [0, 0.1) is 5.92 Å². The highest BCUT2D eigenvalue weighted by Crippen LogP contribution is 2.37. The molecule has 0 fully saturated rings. The van der Waals surface area contributed by atoms with Gasteiger partial charge in [-0.15, -0.1) is 0 Å². The molecule has 0 aliphatic carbocycles. The van der Waals surface area contributed by atoms with Gasteiger partial charge in [0.1, 0.15) is 11.5 Å². The maximum absolute atomic E-state index is 13.3. The second-order valence-corrected chi connectivity index (χ2v) is 7.24. The standard InChI is InChI=1S/C15H19F3N2O4S/c1-4-12-13(9-24-25(3,21)22)20(19-14(12)15(16,17)18)10-5-7-11(23-2)8-6-10/h5-8,12-13H,4,9H2,1-3H3. The van der Waals surface area contributed by atoms with Crippen LogP contribution in [0.15, 0.2) is 29.4 Å². The van der Waals surface area contributed by atoms with Gasteiger partial charge < -0.3 is 4.74 Å². The molecule has 1 aromatic carbocycles. The van der Waals surface area contributed by atoms with Crippen molar-refractivity contribution in [3.05, 3.63) is 24.3 Å². The molecular formula is C15H19F3N2O4S. The molecule has 1 aliphatic rings. The molecule has 0 N–H and O–H groups in total. The fourth-order valence-electron chi connectivity index (χ4n) is 2.71. The Kier molecular flexibility index (Phi) is 5.62. The van der Waals surface area contributed by atoms with Gasteiger partial charge in [-0.3, -0.25) is 9.19 Å². The number of hydrogen-bond acceptors (Lipinski definition) is 6. The third kappa shape index (κ3) is 4.63. The molecule has 0 saturated heterocycles. The molecule has 0 amide bonds. The van der Waals surface area contributed by atoms with Crippen molar-refractivity contribution in [3.63, 3.8) is 0 Å². The van der Waals surface area contributed by atoms with E-state index in [1.807, 2.05) is 0 Å². The van der Waals surface area contributed by atoms with Gasteiger partial charge in [0.05, 0.1) is 31.7 Å². The van der Waals surface area contributed by atoms with Gasteiger partial charge in [-0.25, -0.2) is 0 Å². The Hall–Kier alpha value is -1.81. The zero-order valence-electron chi connectivity index (χ0n) is 13.9. The van der Waals surface area contributed by atoms with Crippen molar-refractivity contribution in [3.8, 4) is 5.75 Å². The van der Waals surface area contributed by atoms with Crippen molar-refractivity contribution < 1.29 is 30.5 Å². The number of alkyl halides is 3. The van der Waals surface area contributed by atoms with Crippen LogP contribution < -0.4 is 9.75 Å². The van der Waals surface area contributed by atoms with Crippen molar-refractivity contribution in [2.45, 2.75) is 25.6 Å². The summed E-state index contributed by atoms with van der Waals surface area (Å²) in [6.07, 6.45) is -3.61. The highest BCUT2D eigenvalue weighted by Gasteiger charge is 2.49. The Morgan fingerprint density at radius 2 is 1.84 bits per heavy atom. The lowest BCUT2D eigenvalue weighted by atomic mass is 9.92. The lowest BCUT2D eigenvalue weighted by Gasteiger charge is -2.27. The topological polar surface area (TPSA) is 68.2 Å². The molecule has 2 atom stereocenters. The zero-order valence-corrected chi connectivity index (χ0v) is 14.8. The summed E-state index contributed by atoms with van der Waals surface area (Å²) in [4.78, 5) is 0. The van der Waals surface area contributed by atoms with Crippen molar-refractivity contribution >= 4 is 21.5 Å². The number of rotatable bonds is 6. The highest BCUT2D eigenvalue weighted by atomic mass is 32.2. The zero-order chi connectivity index (χ0) is 18.8. The Morgan fingerprint density at radius 3 is 2.28 bits per heavy atom. The Balaban J connectivity index is 2.40. The molecule has 0 saturated carbocycles. The molecule has 1 heterocycles. The monoisotopic (exact) mass is 380 g/mol. The fraction of sp³-hybridized carbons (Fsp3) is 0.533. The molecule has 2 rings (SSSR count).